The summed E-state index contributed by atoms with van der Waals surface area (Å²) in [7, 11) is 0. The lowest BCUT2D eigenvalue weighted by Gasteiger charge is -2.03. The van der Waals surface area contributed by atoms with Gasteiger partial charge in [0, 0.05) is 19.3 Å². The maximum Gasteiger partial charge on any atom is 0.221 e. The molecule has 94 valence electrons. The fourth-order valence-electron chi connectivity index (χ4n) is 1.84. The van der Waals surface area contributed by atoms with Crippen molar-refractivity contribution in [1.29, 1.82) is 0 Å². The second kappa shape index (κ2) is 4.49. The van der Waals surface area contributed by atoms with Crippen LogP contribution in [0.15, 0.2) is 42.7 Å². The Hall–Kier alpha value is -2.76. The largest absolute Gasteiger partial charge is 0.325 e. The number of fused-ring (bicyclic) bond motifs is 1. The summed E-state index contributed by atoms with van der Waals surface area (Å²) in [4.78, 5) is 15.3. The molecular weight excluding hydrogens is 242 g/mol. The fourth-order valence-corrected chi connectivity index (χ4v) is 1.84. The van der Waals surface area contributed by atoms with Crippen LogP contribution < -0.4 is 5.32 Å². The number of aromatic nitrogens is 4. The number of hydrogen-bond donors (Lipinski definition) is 1. The lowest BCUT2D eigenvalue weighted by molar-refractivity contribution is -0.114. The van der Waals surface area contributed by atoms with E-state index in [2.05, 4.69) is 20.5 Å². The smallest absolute Gasteiger partial charge is 0.221 e. The van der Waals surface area contributed by atoms with Gasteiger partial charge < -0.3 is 5.32 Å². The first-order valence-electron chi connectivity index (χ1n) is 5.78. The first-order valence-corrected chi connectivity index (χ1v) is 5.78. The van der Waals surface area contributed by atoms with E-state index in [0.717, 1.165) is 5.69 Å². The predicted molar refractivity (Wildman–Crippen MR) is 70.5 cm³/mol. The molecule has 0 spiro atoms. The van der Waals surface area contributed by atoms with Crippen LogP contribution in [0, 0.1) is 0 Å². The molecule has 0 aliphatic heterocycles. The molecule has 3 aromatic rings. The number of amides is 1. The van der Waals surface area contributed by atoms with Gasteiger partial charge in [-0.1, -0.05) is 6.07 Å². The van der Waals surface area contributed by atoms with Crippen molar-refractivity contribution in [2.75, 3.05) is 5.32 Å². The average Bonchev–Trinajstić information content (AvgIpc) is 2.82. The van der Waals surface area contributed by atoms with E-state index < -0.39 is 0 Å². The van der Waals surface area contributed by atoms with Gasteiger partial charge in [-0.2, -0.15) is 0 Å². The van der Waals surface area contributed by atoms with Gasteiger partial charge in [0.15, 0.2) is 11.5 Å². The Bertz CT molecular complexity index is 735. The summed E-state index contributed by atoms with van der Waals surface area (Å²) < 4.78 is 1.80. The van der Waals surface area contributed by atoms with Gasteiger partial charge in [-0.25, -0.2) is 0 Å². The van der Waals surface area contributed by atoms with Crippen molar-refractivity contribution in [3.05, 3.63) is 42.7 Å². The summed E-state index contributed by atoms with van der Waals surface area (Å²) in [6.07, 6.45) is 3.48. The number of hydrogen-bond acceptors (Lipinski definition) is 4. The SMILES string of the molecule is CC(=O)Nc1ccc2nnc(-c3ccccn3)n2c1. The van der Waals surface area contributed by atoms with Crippen molar-refractivity contribution in [3.8, 4) is 11.5 Å². The van der Waals surface area contributed by atoms with Crippen LogP contribution in [0.25, 0.3) is 17.2 Å². The van der Waals surface area contributed by atoms with Crippen LogP contribution in [-0.4, -0.2) is 25.5 Å². The zero-order chi connectivity index (χ0) is 13.2. The maximum absolute atomic E-state index is 11.1. The molecule has 0 bridgehead atoms. The summed E-state index contributed by atoms with van der Waals surface area (Å²) in [5.41, 5.74) is 2.13. The number of rotatable bonds is 2. The standard InChI is InChI=1S/C13H11N5O/c1-9(19)15-10-5-6-12-16-17-13(18(12)8-10)11-4-2-3-7-14-11/h2-8H,1H3,(H,15,19). The van der Waals surface area contributed by atoms with Crippen LogP contribution in [0.5, 0.6) is 0 Å². The van der Waals surface area contributed by atoms with Crippen molar-refractivity contribution in [1.82, 2.24) is 19.6 Å². The Morgan fingerprint density at radius 3 is 2.84 bits per heavy atom. The molecule has 6 nitrogen and oxygen atoms in total. The third-order valence-electron chi connectivity index (χ3n) is 2.62. The molecule has 3 rings (SSSR count). The van der Waals surface area contributed by atoms with Crippen LogP contribution in [0.3, 0.4) is 0 Å². The van der Waals surface area contributed by atoms with Crippen LogP contribution >= 0.6 is 0 Å². The van der Waals surface area contributed by atoms with Gasteiger partial charge in [-0.15, -0.1) is 10.2 Å². The molecule has 6 heteroatoms. The number of anilines is 1. The Balaban J connectivity index is 2.13. The van der Waals surface area contributed by atoms with Gasteiger partial charge in [0.05, 0.1) is 5.69 Å². The monoisotopic (exact) mass is 253 g/mol. The number of carbonyl (C=O) groups excluding carboxylic acids is 1. The molecule has 0 aliphatic carbocycles. The van der Waals surface area contributed by atoms with Crippen molar-refractivity contribution in [2.45, 2.75) is 6.92 Å². The Labute approximate surface area is 109 Å². The number of nitrogens with zero attached hydrogens (tertiary/aromatic N) is 4. The Morgan fingerprint density at radius 2 is 2.11 bits per heavy atom. The van der Waals surface area contributed by atoms with Crippen LogP contribution in [0.4, 0.5) is 5.69 Å². The van der Waals surface area contributed by atoms with Gasteiger partial charge in [0.1, 0.15) is 5.69 Å². The van der Waals surface area contributed by atoms with Crippen molar-refractivity contribution in [2.24, 2.45) is 0 Å². The van der Waals surface area contributed by atoms with Crippen LogP contribution in [0.2, 0.25) is 0 Å². The highest BCUT2D eigenvalue weighted by Gasteiger charge is 2.09. The molecule has 0 saturated heterocycles. The molecule has 0 saturated carbocycles. The zero-order valence-electron chi connectivity index (χ0n) is 10.2. The molecular formula is C13H11N5O. The van der Waals surface area contributed by atoms with E-state index >= 15 is 0 Å². The zero-order valence-corrected chi connectivity index (χ0v) is 10.2. The first kappa shape index (κ1) is 11.3. The summed E-state index contributed by atoms with van der Waals surface area (Å²) >= 11 is 0. The summed E-state index contributed by atoms with van der Waals surface area (Å²) in [6.45, 7) is 1.47. The second-order valence-corrected chi connectivity index (χ2v) is 4.07. The lowest BCUT2D eigenvalue weighted by Crippen LogP contribution is -2.06. The molecule has 19 heavy (non-hydrogen) atoms. The number of pyridine rings is 2. The molecule has 1 N–H and O–H groups in total. The number of carbonyl (C=O) groups is 1. The van der Waals surface area contributed by atoms with Crippen molar-refractivity contribution < 1.29 is 4.79 Å². The number of nitrogens with one attached hydrogen (secondary N) is 1. The van der Waals surface area contributed by atoms with Gasteiger partial charge >= 0.3 is 0 Å². The molecule has 1 amide bonds. The van der Waals surface area contributed by atoms with Crippen molar-refractivity contribution in [3.63, 3.8) is 0 Å². The highest BCUT2D eigenvalue weighted by atomic mass is 16.1. The molecule has 0 unspecified atom stereocenters. The van der Waals surface area contributed by atoms with Gasteiger partial charge in [0.2, 0.25) is 5.91 Å². The minimum atomic E-state index is -0.119. The molecule has 0 fully saturated rings. The van der Waals surface area contributed by atoms with Crippen LogP contribution in [-0.2, 0) is 4.79 Å². The molecule has 3 aromatic heterocycles. The highest BCUT2D eigenvalue weighted by Crippen LogP contribution is 2.18. The molecule has 0 atom stereocenters. The minimum Gasteiger partial charge on any atom is -0.325 e. The minimum absolute atomic E-state index is 0.119. The van der Waals surface area contributed by atoms with E-state index in [0.29, 0.717) is 17.2 Å². The quantitative estimate of drug-likeness (QED) is 0.755. The van der Waals surface area contributed by atoms with Gasteiger partial charge in [-0.3, -0.25) is 14.2 Å². The van der Waals surface area contributed by atoms with E-state index in [1.165, 1.54) is 6.92 Å². The predicted octanol–water partition coefficient (Wildman–Crippen LogP) is 1.75. The second-order valence-electron chi connectivity index (χ2n) is 4.07. The van der Waals surface area contributed by atoms with Crippen LogP contribution in [0.1, 0.15) is 6.92 Å². The normalized spacial score (nSPS) is 10.6. The summed E-state index contributed by atoms with van der Waals surface area (Å²) in [5, 5.41) is 10.9. The molecule has 0 radical (unpaired) electrons. The van der Waals surface area contributed by atoms with E-state index in [-0.39, 0.29) is 5.91 Å². The highest BCUT2D eigenvalue weighted by molar-refractivity contribution is 5.88. The topological polar surface area (TPSA) is 72.2 Å². The first-order chi connectivity index (χ1) is 9.24. The average molecular weight is 253 g/mol. The maximum atomic E-state index is 11.1. The van der Waals surface area contributed by atoms with Gasteiger partial charge in [0.25, 0.3) is 0 Å². The van der Waals surface area contributed by atoms with E-state index in [9.17, 15) is 4.79 Å². The fraction of sp³-hybridized carbons (Fsp3) is 0.0769. The Kier molecular flexibility index (Phi) is 2.68. The van der Waals surface area contributed by atoms with E-state index in [1.54, 1.807) is 28.9 Å². The third kappa shape index (κ3) is 2.15. The molecule has 3 heterocycles. The summed E-state index contributed by atoms with van der Waals surface area (Å²) in [5.74, 6) is 0.523. The summed E-state index contributed by atoms with van der Waals surface area (Å²) in [6, 6.07) is 9.18. The molecule has 0 aliphatic rings. The van der Waals surface area contributed by atoms with Crippen molar-refractivity contribution >= 4 is 17.2 Å². The lowest BCUT2D eigenvalue weighted by atomic mass is 10.3. The third-order valence-corrected chi connectivity index (χ3v) is 2.62. The van der Waals surface area contributed by atoms with E-state index in [1.807, 2.05) is 18.2 Å². The Morgan fingerprint density at radius 1 is 1.21 bits per heavy atom. The molecule has 0 aromatic carbocycles. The van der Waals surface area contributed by atoms with Gasteiger partial charge in [-0.05, 0) is 24.3 Å². The van der Waals surface area contributed by atoms with E-state index in [4.69, 9.17) is 0 Å².